The van der Waals surface area contributed by atoms with Gasteiger partial charge in [-0.15, -0.1) is 0 Å². The van der Waals surface area contributed by atoms with Crippen LogP contribution < -0.4 is 15.9 Å². The van der Waals surface area contributed by atoms with Crippen LogP contribution in [0.3, 0.4) is 0 Å². The normalized spacial score (nSPS) is 13.2. The van der Waals surface area contributed by atoms with E-state index in [0.29, 0.717) is 6.42 Å². The zero-order valence-corrected chi connectivity index (χ0v) is 18.5. The number of rotatable bonds is 9. The Hall–Kier alpha value is -2.47. The quantitative estimate of drug-likeness (QED) is 0.285. The highest BCUT2D eigenvalue weighted by Gasteiger charge is 2.51. The topological polar surface area (TPSA) is 58.6 Å². The number of hydroxylamine groups is 1. The lowest BCUT2D eigenvalue weighted by molar-refractivity contribution is -0.129. The van der Waals surface area contributed by atoms with Crippen molar-refractivity contribution < 1.29 is 14.4 Å². The van der Waals surface area contributed by atoms with Crippen LogP contribution in [0.4, 0.5) is 0 Å². The molecule has 0 heterocycles. The molecule has 0 radical (unpaired) electrons. The highest BCUT2D eigenvalue weighted by Crippen LogP contribution is 2.38. The summed E-state index contributed by atoms with van der Waals surface area (Å²) in [6.07, 6.45) is 5.82. The van der Waals surface area contributed by atoms with Gasteiger partial charge in [-0.1, -0.05) is 106 Å². The summed E-state index contributed by atoms with van der Waals surface area (Å²) in [5, 5.41) is 11.1. The molecule has 29 heavy (non-hydrogen) atoms. The molecule has 0 bridgehead atoms. The van der Waals surface area contributed by atoms with E-state index >= 15 is 0 Å². The van der Waals surface area contributed by atoms with Gasteiger partial charge < -0.3 is 4.43 Å². The summed E-state index contributed by atoms with van der Waals surface area (Å²) in [6.45, 7) is 10.4. The minimum absolute atomic E-state index is 0.158. The number of amides is 1. The molecule has 0 aromatic heterocycles. The Morgan fingerprint density at radius 1 is 1.10 bits per heavy atom. The molecular formula is C24H31NO3Si. The zero-order valence-electron chi connectivity index (χ0n) is 17.5. The summed E-state index contributed by atoms with van der Waals surface area (Å²) < 4.78 is 7.01. The van der Waals surface area contributed by atoms with Gasteiger partial charge in [0.2, 0.25) is 5.91 Å². The maximum absolute atomic E-state index is 11.6. The smallest absolute Gasteiger partial charge is 0.261 e. The van der Waals surface area contributed by atoms with Crippen LogP contribution in [0.2, 0.25) is 5.04 Å². The number of allylic oxidation sites excluding steroid dienone is 2. The Balaban J connectivity index is 2.59. The fraction of sp³-hybridized carbons (Fsp3) is 0.292. The fourth-order valence-corrected chi connectivity index (χ4v) is 8.31. The molecule has 1 amide bonds. The van der Waals surface area contributed by atoms with Crippen LogP contribution in [-0.2, 0) is 9.22 Å². The predicted molar refractivity (Wildman–Crippen MR) is 121 cm³/mol. The van der Waals surface area contributed by atoms with Gasteiger partial charge >= 0.3 is 0 Å². The lowest BCUT2D eigenvalue weighted by Crippen LogP contribution is -2.67. The number of carbonyl (C=O) groups excluding carboxylic acids is 1. The largest absolute Gasteiger partial charge is 0.401 e. The van der Waals surface area contributed by atoms with Gasteiger partial charge in [-0.2, -0.15) is 0 Å². The summed E-state index contributed by atoms with van der Waals surface area (Å²) in [6, 6.07) is 20.8. The molecule has 0 aliphatic heterocycles. The Morgan fingerprint density at radius 2 is 1.62 bits per heavy atom. The molecule has 0 aliphatic carbocycles. The molecule has 4 nitrogen and oxygen atoms in total. The number of carbonyl (C=O) groups is 1. The van der Waals surface area contributed by atoms with Crippen molar-refractivity contribution in [1.82, 2.24) is 5.48 Å². The lowest BCUT2D eigenvalue weighted by atomic mass is 10.2. The van der Waals surface area contributed by atoms with E-state index in [1.54, 1.807) is 11.6 Å². The van der Waals surface area contributed by atoms with E-state index in [0.717, 1.165) is 0 Å². The first-order chi connectivity index (χ1) is 13.8. The van der Waals surface area contributed by atoms with Gasteiger partial charge in [-0.05, 0) is 21.8 Å². The van der Waals surface area contributed by atoms with Crippen molar-refractivity contribution in [3.05, 3.63) is 85.5 Å². The first-order valence-corrected chi connectivity index (χ1v) is 11.8. The van der Waals surface area contributed by atoms with Crippen molar-refractivity contribution in [2.24, 2.45) is 0 Å². The highest BCUT2D eigenvalue weighted by atomic mass is 28.4. The number of nitrogens with one attached hydrogen (secondary N) is 1. The maximum atomic E-state index is 11.6. The molecule has 0 saturated carbocycles. The van der Waals surface area contributed by atoms with Crippen molar-refractivity contribution in [2.75, 3.05) is 0 Å². The standard InChI is InChI=1S/C24H31NO3Si/c1-5-6-13-20(18-19-23(26)25-27)28-29(24(2,3)4,21-14-9-7-10-15-21)22-16-11-8-12-17-22/h5-17,20,27H,1,18-19H2,2-4H3,(H,25,26)/b13-6+/t20-/m1/s1. The maximum Gasteiger partial charge on any atom is 0.261 e. The van der Waals surface area contributed by atoms with Crippen LogP contribution in [-0.4, -0.2) is 25.5 Å². The van der Waals surface area contributed by atoms with Crippen molar-refractivity contribution in [3.63, 3.8) is 0 Å². The van der Waals surface area contributed by atoms with Gasteiger partial charge in [0.25, 0.3) is 8.32 Å². The lowest BCUT2D eigenvalue weighted by Gasteiger charge is -2.44. The third kappa shape index (κ3) is 5.53. The first-order valence-electron chi connectivity index (χ1n) is 9.86. The van der Waals surface area contributed by atoms with E-state index in [9.17, 15) is 4.79 Å². The van der Waals surface area contributed by atoms with Gasteiger partial charge in [-0.25, -0.2) is 5.48 Å². The Kier molecular flexibility index (Phi) is 8.14. The molecule has 5 heteroatoms. The van der Waals surface area contributed by atoms with Gasteiger partial charge in [0.15, 0.2) is 0 Å². The second-order valence-electron chi connectivity index (χ2n) is 8.01. The monoisotopic (exact) mass is 409 g/mol. The molecule has 154 valence electrons. The molecule has 0 spiro atoms. The third-order valence-corrected chi connectivity index (χ3v) is 10.0. The minimum Gasteiger partial charge on any atom is -0.401 e. The second kappa shape index (κ2) is 10.3. The van der Waals surface area contributed by atoms with Crippen LogP contribution in [0.5, 0.6) is 0 Å². The number of hydrogen-bond donors (Lipinski definition) is 2. The molecular weight excluding hydrogens is 378 g/mol. The SMILES string of the molecule is C=C/C=C/[C@H](CCC(=O)NO)O[Si](c1ccccc1)(c1ccccc1)C(C)(C)C. The van der Waals surface area contributed by atoms with Crippen LogP contribution in [0.1, 0.15) is 33.6 Å². The van der Waals surface area contributed by atoms with Crippen molar-refractivity contribution in [3.8, 4) is 0 Å². The fourth-order valence-electron chi connectivity index (χ4n) is 3.64. The number of hydrogen-bond acceptors (Lipinski definition) is 3. The summed E-state index contributed by atoms with van der Waals surface area (Å²) in [5.74, 6) is -0.423. The Labute approximate surface area is 175 Å². The van der Waals surface area contributed by atoms with E-state index in [-0.39, 0.29) is 17.6 Å². The van der Waals surface area contributed by atoms with Crippen molar-refractivity contribution in [2.45, 2.75) is 44.8 Å². The Morgan fingerprint density at radius 3 is 2.03 bits per heavy atom. The summed E-state index contributed by atoms with van der Waals surface area (Å²) >= 11 is 0. The number of benzene rings is 2. The van der Waals surface area contributed by atoms with Crippen molar-refractivity contribution >= 4 is 24.6 Å². The average Bonchev–Trinajstić information content (AvgIpc) is 2.73. The van der Waals surface area contributed by atoms with Crippen LogP contribution in [0.15, 0.2) is 85.5 Å². The average molecular weight is 410 g/mol. The Bertz CT molecular complexity index is 774. The second-order valence-corrected chi connectivity index (χ2v) is 12.3. The highest BCUT2D eigenvalue weighted by molar-refractivity contribution is 6.99. The van der Waals surface area contributed by atoms with E-state index in [4.69, 9.17) is 9.63 Å². The van der Waals surface area contributed by atoms with Gasteiger partial charge in [0, 0.05) is 6.42 Å². The van der Waals surface area contributed by atoms with Crippen LogP contribution in [0.25, 0.3) is 0 Å². The zero-order chi connectivity index (χ0) is 21.3. The van der Waals surface area contributed by atoms with Crippen LogP contribution in [0, 0.1) is 0 Å². The molecule has 0 saturated heterocycles. The van der Waals surface area contributed by atoms with Gasteiger partial charge in [-0.3, -0.25) is 10.0 Å². The molecule has 0 unspecified atom stereocenters. The molecule has 2 N–H and O–H groups in total. The molecule has 2 aromatic carbocycles. The molecule has 1 atom stereocenters. The van der Waals surface area contributed by atoms with Crippen LogP contribution >= 0.6 is 0 Å². The molecule has 2 rings (SSSR count). The van der Waals surface area contributed by atoms with Gasteiger partial charge in [0.05, 0.1) is 6.10 Å². The van der Waals surface area contributed by atoms with E-state index in [1.165, 1.54) is 10.4 Å². The summed E-state index contributed by atoms with van der Waals surface area (Å²) in [7, 11) is -2.72. The molecule has 0 fully saturated rings. The first kappa shape index (κ1) is 22.8. The van der Waals surface area contributed by atoms with Gasteiger partial charge in [0.1, 0.15) is 0 Å². The van der Waals surface area contributed by atoms with E-state index < -0.39 is 14.2 Å². The predicted octanol–water partition coefficient (Wildman–Crippen LogP) is 3.96. The third-order valence-electron chi connectivity index (χ3n) is 4.99. The summed E-state index contributed by atoms with van der Waals surface area (Å²) in [5.41, 5.74) is 1.71. The van der Waals surface area contributed by atoms with E-state index in [1.807, 2.05) is 48.6 Å². The minimum atomic E-state index is -2.72. The van der Waals surface area contributed by atoms with Crippen molar-refractivity contribution in [1.29, 1.82) is 0 Å². The molecule has 2 aromatic rings. The summed E-state index contributed by atoms with van der Waals surface area (Å²) in [4.78, 5) is 11.6. The molecule has 0 aliphatic rings. The van der Waals surface area contributed by atoms with E-state index in [2.05, 4.69) is 51.6 Å².